The van der Waals surface area contributed by atoms with Gasteiger partial charge in [-0.3, -0.25) is 9.78 Å². The molecule has 0 fully saturated rings. The molecule has 0 aliphatic rings. The summed E-state index contributed by atoms with van der Waals surface area (Å²) in [4.78, 5) is 16.4. The zero-order valence-electron chi connectivity index (χ0n) is 10.1. The van der Waals surface area contributed by atoms with E-state index in [1.165, 1.54) is 6.26 Å². The SMILES string of the molecule is O=C(Nc1ccc(Cl)c2ncccc12)c1ccoc1Br. The Balaban J connectivity index is 2.02. The van der Waals surface area contributed by atoms with Gasteiger partial charge >= 0.3 is 0 Å². The third-order valence-electron chi connectivity index (χ3n) is 2.83. The maximum absolute atomic E-state index is 12.2. The number of aromatic nitrogens is 1. The summed E-state index contributed by atoms with van der Waals surface area (Å²) in [7, 11) is 0. The van der Waals surface area contributed by atoms with Crippen molar-refractivity contribution in [1.82, 2.24) is 4.98 Å². The van der Waals surface area contributed by atoms with Crippen molar-refractivity contribution < 1.29 is 9.21 Å². The predicted molar refractivity (Wildman–Crippen MR) is 81.1 cm³/mol. The topological polar surface area (TPSA) is 55.1 Å². The highest BCUT2D eigenvalue weighted by atomic mass is 79.9. The van der Waals surface area contributed by atoms with Crippen LogP contribution < -0.4 is 5.32 Å². The smallest absolute Gasteiger partial charge is 0.260 e. The fourth-order valence-electron chi connectivity index (χ4n) is 1.89. The van der Waals surface area contributed by atoms with E-state index in [0.717, 1.165) is 5.39 Å². The molecule has 100 valence electrons. The molecule has 3 rings (SSSR count). The largest absolute Gasteiger partial charge is 0.457 e. The normalized spacial score (nSPS) is 10.7. The van der Waals surface area contributed by atoms with Crippen LogP contribution >= 0.6 is 27.5 Å². The fraction of sp³-hybridized carbons (Fsp3) is 0. The lowest BCUT2D eigenvalue weighted by atomic mass is 10.1. The van der Waals surface area contributed by atoms with E-state index in [4.69, 9.17) is 16.0 Å². The average molecular weight is 352 g/mol. The fourth-order valence-corrected chi connectivity index (χ4v) is 2.53. The third-order valence-corrected chi connectivity index (χ3v) is 3.75. The maximum atomic E-state index is 12.2. The first kappa shape index (κ1) is 13.1. The molecule has 0 atom stereocenters. The number of carbonyl (C=O) groups is 1. The molecule has 4 nitrogen and oxygen atoms in total. The predicted octanol–water partition coefficient (Wildman–Crippen LogP) is 4.50. The average Bonchev–Trinajstić information content (AvgIpc) is 2.88. The Morgan fingerprint density at radius 3 is 2.90 bits per heavy atom. The number of hydrogen-bond acceptors (Lipinski definition) is 3. The van der Waals surface area contributed by atoms with Gasteiger partial charge < -0.3 is 9.73 Å². The first-order chi connectivity index (χ1) is 9.66. The second kappa shape index (κ2) is 5.26. The minimum atomic E-state index is -0.266. The molecular formula is C14H8BrClN2O2. The van der Waals surface area contributed by atoms with Crippen LogP contribution in [0.15, 0.2) is 51.9 Å². The van der Waals surface area contributed by atoms with Crippen molar-refractivity contribution in [1.29, 1.82) is 0 Å². The van der Waals surface area contributed by atoms with Gasteiger partial charge in [0.25, 0.3) is 5.91 Å². The van der Waals surface area contributed by atoms with Crippen molar-refractivity contribution in [3.63, 3.8) is 0 Å². The molecule has 3 aromatic rings. The summed E-state index contributed by atoms with van der Waals surface area (Å²) < 4.78 is 5.45. The van der Waals surface area contributed by atoms with Crippen LogP contribution in [0.25, 0.3) is 10.9 Å². The molecule has 0 aliphatic heterocycles. The van der Waals surface area contributed by atoms with Gasteiger partial charge in [-0.15, -0.1) is 0 Å². The summed E-state index contributed by atoms with van der Waals surface area (Å²) in [6.45, 7) is 0. The number of rotatable bonds is 2. The van der Waals surface area contributed by atoms with Gasteiger partial charge in [0.2, 0.25) is 0 Å². The van der Waals surface area contributed by atoms with E-state index in [2.05, 4.69) is 26.2 Å². The van der Waals surface area contributed by atoms with Gasteiger partial charge in [-0.25, -0.2) is 0 Å². The number of pyridine rings is 1. The minimum Gasteiger partial charge on any atom is -0.457 e. The van der Waals surface area contributed by atoms with Crippen molar-refractivity contribution in [3.8, 4) is 0 Å². The van der Waals surface area contributed by atoms with Gasteiger partial charge in [0.15, 0.2) is 4.67 Å². The summed E-state index contributed by atoms with van der Waals surface area (Å²) in [5.74, 6) is -0.266. The highest BCUT2D eigenvalue weighted by Gasteiger charge is 2.14. The van der Waals surface area contributed by atoms with Gasteiger partial charge in [0.1, 0.15) is 0 Å². The van der Waals surface area contributed by atoms with E-state index in [1.807, 2.05) is 6.07 Å². The molecule has 1 amide bonds. The zero-order valence-corrected chi connectivity index (χ0v) is 12.4. The van der Waals surface area contributed by atoms with Gasteiger partial charge in [0.05, 0.1) is 28.1 Å². The van der Waals surface area contributed by atoms with Crippen molar-refractivity contribution >= 4 is 50.0 Å². The number of nitrogens with one attached hydrogen (secondary N) is 1. The molecule has 1 N–H and O–H groups in total. The molecule has 6 heteroatoms. The molecule has 2 heterocycles. The molecule has 1 aromatic carbocycles. The van der Waals surface area contributed by atoms with Crippen LogP contribution in [0.4, 0.5) is 5.69 Å². The first-order valence-electron chi connectivity index (χ1n) is 5.74. The Labute approximate surface area is 127 Å². The Morgan fingerprint density at radius 1 is 1.30 bits per heavy atom. The summed E-state index contributed by atoms with van der Waals surface area (Å²) >= 11 is 9.27. The molecule has 2 aromatic heterocycles. The lowest BCUT2D eigenvalue weighted by Crippen LogP contribution is -2.11. The van der Waals surface area contributed by atoms with Crippen molar-refractivity contribution in [2.45, 2.75) is 0 Å². The Morgan fingerprint density at radius 2 is 2.15 bits per heavy atom. The van der Waals surface area contributed by atoms with Crippen LogP contribution in [0, 0.1) is 0 Å². The number of amides is 1. The first-order valence-corrected chi connectivity index (χ1v) is 6.91. The monoisotopic (exact) mass is 350 g/mol. The van der Waals surface area contributed by atoms with E-state index in [-0.39, 0.29) is 5.91 Å². The summed E-state index contributed by atoms with van der Waals surface area (Å²) in [6.07, 6.45) is 3.10. The summed E-state index contributed by atoms with van der Waals surface area (Å²) in [5, 5.41) is 4.16. The van der Waals surface area contributed by atoms with Crippen LogP contribution in [0.2, 0.25) is 5.02 Å². The number of anilines is 1. The van der Waals surface area contributed by atoms with Gasteiger partial charge in [-0.1, -0.05) is 11.6 Å². The Hall–Kier alpha value is -1.85. The quantitative estimate of drug-likeness (QED) is 0.740. The second-order valence-electron chi connectivity index (χ2n) is 4.06. The number of nitrogens with zero attached hydrogens (tertiary/aromatic N) is 1. The van der Waals surface area contributed by atoms with Crippen molar-refractivity contribution in [2.24, 2.45) is 0 Å². The minimum absolute atomic E-state index is 0.266. The lowest BCUT2D eigenvalue weighted by molar-refractivity contribution is 0.102. The van der Waals surface area contributed by atoms with E-state index >= 15 is 0 Å². The van der Waals surface area contributed by atoms with Crippen LogP contribution in [0.1, 0.15) is 10.4 Å². The molecule has 0 bridgehead atoms. The highest BCUT2D eigenvalue weighted by molar-refractivity contribution is 9.10. The molecule has 0 saturated heterocycles. The van der Waals surface area contributed by atoms with Gasteiger partial charge in [-0.05, 0) is 46.3 Å². The number of benzene rings is 1. The molecular weight excluding hydrogens is 344 g/mol. The van der Waals surface area contributed by atoms with E-state index < -0.39 is 0 Å². The van der Waals surface area contributed by atoms with E-state index in [1.54, 1.807) is 30.5 Å². The summed E-state index contributed by atoms with van der Waals surface area (Å²) in [6, 6.07) is 8.70. The highest BCUT2D eigenvalue weighted by Crippen LogP contribution is 2.29. The molecule has 0 spiro atoms. The Bertz CT molecular complexity index is 801. The lowest BCUT2D eigenvalue weighted by Gasteiger charge is -2.08. The van der Waals surface area contributed by atoms with Crippen LogP contribution in [0.5, 0.6) is 0 Å². The van der Waals surface area contributed by atoms with Crippen LogP contribution in [-0.4, -0.2) is 10.9 Å². The van der Waals surface area contributed by atoms with Crippen molar-refractivity contribution in [2.75, 3.05) is 5.32 Å². The maximum Gasteiger partial charge on any atom is 0.260 e. The van der Waals surface area contributed by atoms with Crippen molar-refractivity contribution in [3.05, 3.63) is 58.0 Å². The Kier molecular flexibility index (Phi) is 3.46. The molecule has 0 aliphatic carbocycles. The standard InChI is InChI=1S/C14H8BrClN2O2/c15-13-9(5-7-20-13)14(19)18-11-4-3-10(16)12-8(11)2-1-6-17-12/h1-7H,(H,18,19). The van der Waals surface area contributed by atoms with Crippen LogP contribution in [-0.2, 0) is 0 Å². The summed E-state index contributed by atoms with van der Waals surface area (Å²) in [5.41, 5.74) is 1.73. The van der Waals surface area contributed by atoms with Gasteiger partial charge in [-0.2, -0.15) is 0 Å². The third kappa shape index (κ3) is 2.30. The van der Waals surface area contributed by atoms with Crippen LogP contribution in [0.3, 0.4) is 0 Å². The zero-order chi connectivity index (χ0) is 14.1. The molecule has 0 saturated carbocycles. The molecule has 0 radical (unpaired) electrons. The number of hydrogen-bond donors (Lipinski definition) is 1. The van der Waals surface area contributed by atoms with Gasteiger partial charge in [0, 0.05) is 11.6 Å². The molecule has 20 heavy (non-hydrogen) atoms. The van der Waals surface area contributed by atoms with E-state index in [0.29, 0.717) is 26.5 Å². The second-order valence-corrected chi connectivity index (χ2v) is 5.18. The number of halogens is 2. The number of carbonyl (C=O) groups excluding carboxylic acids is 1. The number of fused-ring (bicyclic) bond motifs is 1. The number of furan rings is 1. The molecule has 0 unspecified atom stereocenters. The van der Waals surface area contributed by atoms with E-state index in [9.17, 15) is 4.79 Å².